The predicted molar refractivity (Wildman–Crippen MR) is 81.5 cm³/mol. The molecule has 0 aliphatic carbocycles. The zero-order valence-corrected chi connectivity index (χ0v) is 11.6. The highest BCUT2D eigenvalue weighted by atomic mass is 15.1. The molecule has 20 heavy (non-hydrogen) atoms. The molecule has 3 rings (SSSR count). The van der Waals surface area contributed by atoms with Gasteiger partial charge in [-0.05, 0) is 43.2 Å². The number of anilines is 1. The van der Waals surface area contributed by atoms with Crippen molar-refractivity contribution in [3.05, 3.63) is 54.0 Å². The summed E-state index contributed by atoms with van der Waals surface area (Å²) in [5.41, 5.74) is 9.19. The molecular weight excluding hydrogens is 248 g/mol. The van der Waals surface area contributed by atoms with E-state index in [0.29, 0.717) is 5.82 Å². The Morgan fingerprint density at radius 2 is 2.00 bits per heavy atom. The Kier molecular flexibility index (Phi) is 3.37. The van der Waals surface area contributed by atoms with Crippen LogP contribution in [0, 0.1) is 0 Å². The molecule has 0 bridgehead atoms. The van der Waals surface area contributed by atoms with E-state index >= 15 is 0 Å². The average Bonchev–Trinajstić information content (AvgIpc) is 2.82. The Hall–Kier alpha value is -2.36. The number of pyridine rings is 1. The lowest BCUT2D eigenvalue weighted by Crippen LogP contribution is -2.04. The van der Waals surface area contributed by atoms with Crippen LogP contribution in [0.1, 0.15) is 18.3 Å². The summed E-state index contributed by atoms with van der Waals surface area (Å²) in [6.45, 7) is 3.09. The van der Waals surface area contributed by atoms with Gasteiger partial charge in [-0.1, -0.05) is 12.1 Å². The summed E-state index contributed by atoms with van der Waals surface area (Å²) in [7, 11) is 0. The Balaban J connectivity index is 1.87. The lowest BCUT2D eigenvalue weighted by Gasteiger charge is -2.06. The van der Waals surface area contributed by atoms with E-state index in [1.807, 2.05) is 18.2 Å². The Morgan fingerprint density at radius 3 is 2.80 bits per heavy atom. The lowest BCUT2D eigenvalue weighted by atomic mass is 10.1. The van der Waals surface area contributed by atoms with E-state index in [-0.39, 0.29) is 0 Å². The molecule has 1 aromatic carbocycles. The van der Waals surface area contributed by atoms with Crippen molar-refractivity contribution in [2.75, 3.05) is 5.73 Å². The zero-order valence-electron chi connectivity index (χ0n) is 11.6. The Bertz CT molecular complexity index is 730. The van der Waals surface area contributed by atoms with E-state index in [2.05, 4.69) is 34.7 Å². The second-order valence-corrected chi connectivity index (χ2v) is 4.85. The minimum absolute atomic E-state index is 0.575. The van der Waals surface area contributed by atoms with Crippen molar-refractivity contribution < 1.29 is 0 Å². The third-order valence-corrected chi connectivity index (χ3v) is 3.53. The van der Waals surface area contributed by atoms with Gasteiger partial charge in [-0.3, -0.25) is 0 Å². The topological polar surface area (TPSA) is 56.7 Å². The molecule has 0 saturated heterocycles. The molecule has 3 aromatic rings. The van der Waals surface area contributed by atoms with Crippen molar-refractivity contribution in [1.82, 2.24) is 14.5 Å². The maximum absolute atomic E-state index is 5.71. The number of nitrogens with two attached hydrogens (primary N) is 1. The summed E-state index contributed by atoms with van der Waals surface area (Å²) in [6.07, 6.45) is 3.59. The van der Waals surface area contributed by atoms with Gasteiger partial charge in [0.05, 0.1) is 11.0 Å². The number of hydrogen-bond acceptors (Lipinski definition) is 3. The highest BCUT2D eigenvalue weighted by Crippen LogP contribution is 2.17. The minimum Gasteiger partial charge on any atom is -0.384 e. The highest BCUT2D eigenvalue weighted by molar-refractivity contribution is 5.75. The quantitative estimate of drug-likeness (QED) is 0.790. The number of para-hydroxylation sites is 2. The number of nitrogens with zero attached hydrogens (tertiary/aromatic N) is 3. The van der Waals surface area contributed by atoms with Crippen LogP contribution in [0.2, 0.25) is 0 Å². The normalized spacial score (nSPS) is 11.1. The van der Waals surface area contributed by atoms with Crippen LogP contribution in [0.15, 0.2) is 42.6 Å². The van der Waals surface area contributed by atoms with Crippen molar-refractivity contribution in [1.29, 1.82) is 0 Å². The molecule has 0 atom stereocenters. The predicted octanol–water partition coefficient (Wildman–Crippen LogP) is 2.82. The number of aromatic nitrogens is 3. The minimum atomic E-state index is 0.575. The molecule has 0 spiro atoms. The Morgan fingerprint density at radius 1 is 1.15 bits per heavy atom. The second-order valence-electron chi connectivity index (χ2n) is 4.85. The van der Waals surface area contributed by atoms with Crippen molar-refractivity contribution in [2.24, 2.45) is 0 Å². The number of fused-ring (bicyclic) bond motifs is 1. The number of hydrogen-bond donors (Lipinski definition) is 1. The second kappa shape index (κ2) is 5.33. The summed E-state index contributed by atoms with van der Waals surface area (Å²) in [5.74, 6) is 1.70. The van der Waals surface area contributed by atoms with E-state index in [4.69, 9.17) is 10.7 Å². The first kappa shape index (κ1) is 12.7. The SMILES string of the molecule is CCn1c(CCc2ccnc(N)c2)nc2ccccc21. The van der Waals surface area contributed by atoms with Crippen LogP contribution < -0.4 is 5.73 Å². The molecule has 2 heterocycles. The number of aryl methyl sites for hydroxylation is 3. The van der Waals surface area contributed by atoms with Gasteiger partial charge in [0.2, 0.25) is 0 Å². The summed E-state index contributed by atoms with van der Waals surface area (Å²) >= 11 is 0. The van der Waals surface area contributed by atoms with Gasteiger partial charge in [-0.2, -0.15) is 0 Å². The molecule has 0 unspecified atom stereocenters. The molecular formula is C16H18N4. The first-order chi connectivity index (χ1) is 9.78. The molecule has 0 amide bonds. The number of imidazole rings is 1. The lowest BCUT2D eigenvalue weighted by molar-refractivity contribution is 0.707. The average molecular weight is 266 g/mol. The van der Waals surface area contributed by atoms with Gasteiger partial charge in [0, 0.05) is 19.2 Å². The van der Waals surface area contributed by atoms with Crippen LogP contribution in [-0.2, 0) is 19.4 Å². The van der Waals surface area contributed by atoms with Crippen molar-refractivity contribution >= 4 is 16.9 Å². The maximum atomic E-state index is 5.71. The first-order valence-corrected chi connectivity index (χ1v) is 6.92. The zero-order chi connectivity index (χ0) is 13.9. The van der Waals surface area contributed by atoms with Crippen LogP contribution in [0.3, 0.4) is 0 Å². The number of benzene rings is 1. The fraction of sp³-hybridized carbons (Fsp3) is 0.250. The molecule has 0 saturated carbocycles. The van der Waals surface area contributed by atoms with Gasteiger partial charge in [-0.25, -0.2) is 9.97 Å². The molecule has 4 heteroatoms. The smallest absolute Gasteiger partial charge is 0.123 e. The van der Waals surface area contributed by atoms with E-state index < -0.39 is 0 Å². The van der Waals surface area contributed by atoms with E-state index in [1.165, 1.54) is 11.1 Å². The molecule has 2 N–H and O–H groups in total. The van der Waals surface area contributed by atoms with E-state index in [0.717, 1.165) is 30.7 Å². The standard InChI is InChI=1S/C16H18N4/c1-2-20-14-6-4-3-5-13(14)19-16(20)8-7-12-9-10-18-15(17)11-12/h3-6,9-11H,2,7-8H2,1H3,(H2,17,18). The third-order valence-electron chi connectivity index (χ3n) is 3.53. The number of nitrogen functional groups attached to an aromatic ring is 1. The van der Waals surface area contributed by atoms with Gasteiger partial charge < -0.3 is 10.3 Å². The summed E-state index contributed by atoms with van der Waals surface area (Å²) in [4.78, 5) is 8.76. The van der Waals surface area contributed by atoms with Crippen LogP contribution in [0.25, 0.3) is 11.0 Å². The van der Waals surface area contributed by atoms with Gasteiger partial charge in [0.25, 0.3) is 0 Å². The van der Waals surface area contributed by atoms with Crippen LogP contribution in [0.5, 0.6) is 0 Å². The van der Waals surface area contributed by atoms with Gasteiger partial charge in [0.15, 0.2) is 0 Å². The molecule has 0 radical (unpaired) electrons. The molecule has 0 aliphatic rings. The number of rotatable bonds is 4. The van der Waals surface area contributed by atoms with Crippen molar-refractivity contribution in [3.63, 3.8) is 0 Å². The molecule has 0 aliphatic heterocycles. The molecule has 2 aromatic heterocycles. The van der Waals surface area contributed by atoms with Gasteiger partial charge in [0.1, 0.15) is 11.6 Å². The fourth-order valence-electron chi connectivity index (χ4n) is 2.58. The summed E-state index contributed by atoms with van der Waals surface area (Å²) in [6, 6.07) is 12.2. The van der Waals surface area contributed by atoms with Crippen LogP contribution >= 0.6 is 0 Å². The van der Waals surface area contributed by atoms with Gasteiger partial charge >= 0.3 is 0 Å². The Labute approximate surface area is 118 Å². The van der Waals surface area contributed by atoms with Crippen LogP contribution in [0.4, 0.5) is 5.82 Å². The monoisotopic (exact) mass is 266 g/mol. The maximum Gasteiger partial charge on any atom is 0.123 e. The summed E-state index contributed by atoms with van der Waals surface area (Å²) in [5, 5.41) is 0. The molecule has 4 nitrogen and oxygen atoms in total. The fourth-order valence-corrected chi connectivity index (χ4v) is 2.58. The highest BCUT2D eigenvalue weighted by Gasteiger charge is 2.08. The molecule has 102 valence electrons. The van der Waals surface area contributed by atoms with E-state index in [9.17, 15) is 0 Å². The van der Waals surface area contributed by atoms with E-state index in [1.54, 1.807) is 6.20 Å². The van der Waals surface area contributed by atoms with Gasteiger partial charge in [-0.15, -0.1) is 0 Å². The summed E-state index contributed by atoms with van der Waals surface area (Å²) < 4.78 is 2.28. The van der Waals surface area contributed by atoms with Crippen molar-refractivity contribution in [3.8, 4) is 0 Å². The van der Waals surface area contributed by atoms with Crippen LogP contribution in [-0.4, -0.2) is 14.5 Å². The van der Waals surface area contributed by atoms with Crippen molar-refractivity contribution in [2.45, 2.75) is 26.3 Å². The third kappa shape index (κ3) is 2.37. The molecule has 0 fully saturated rings. The largest absolute Gasteiger partial charge is 0.384 e. The first-order valence-electron chi connectivity index (χ1n) is 6.92.